The van der Waals surface area contributed by atoms with Crippen molar-refractivity contribution >= 4 is 0 Å². The van der Waals surface area contributed by atoms with E-state index in [0.29, 0.717) is 11.8 Å². The fourth-order valence-corrected chi connectivity index (χ4v) is 2.94. The quantitative estimate of drug-likeness (QED) is 0.898. The van der Waals surface area contributed by atoms with Crippen LogP contribution in [-0.2, 0) is 13.0 Å². The molecule has 2 aromatic rings. The van der Waals surface area contributed by atoms with Crippen molar-refractivity contribution in [3.8, 4) is 5.75 Å². The van der Waals surface area contributed by atoms with Gasteiger partial charge in [0.15, 0.2) is 0 Å². The number of fused-ring (bicyclic) bond motifs is 1. The van der Waals surface area contributed by atoms with Crippen LogP contribution in [0.5, 0.6) is 5.75 Å². The number of phenols is 1. The van der Waals surface area contributed by atoms with E-state index in [1.165, 1.54) is 11.1 Å². The Morgan fingerprint density at radius 2 is 2.20 bits per heavy atom. The molecule has 0 aliphatic heterocycles. The van der Waals surface area contributed by atoms with Crippen LogP contribution in [0.1, 0.15) is 41.4 Å². The van der Waals surface area contributed by atoms with Gasteiger partial charge in [0.2, 0.25) is 0 Å². The van der Waals surface area contributed by atoms with E-state index in [1.807, 2.05) is 31.2 Å². The first-order valence-electron chi connectivity index (χ1n) is 7.20. The molecule has 1 aliphatic rings. The second-order valence-corrected chi connectivity index (χ2v) is 5.48. The van der Waals surface area contributed by atoms with Gasteiger partial charge in [0, 0.05) is 18.3 Å². The van der Waals surface area contributed by atoms with Gasteiger partial charge in [-0.1, -0.05) is 12.1 Å². The zero-order valence-corrected chi connectivity index (χ0v) is 11.8. The lowest BCUT2D eigenvalue weighted by Crippen LogP contribution is -2.25. The number of phenolic OH excluding ortho intramolecular Hbond substituents is 1. The monoisotopic (exact) mass is 268 g/mol. The first-order chi connectivity index (χ1) is 9.72. The molecule has 1 heterocycles. The highest BCUT2D eigenvalue weighted by atomic mass is 16.3. The summed E-state index contributed by atoms with van der Waals surface area (Å²) in [6.45, 7) is 2.80. The normalized spacial score (nSPS) is 17.8. The molecule has 20 heavy (non-hydrogen) atoms. The topological polar surface area (TPSA) is 45.1 Å². The van der Waals surface area contributed by atoms with Gasteiger partial charge in [-0.25, -0.2) is 0 Å². The Hall–Kier alpha value is -1.87. The number of nitrogens with zero attached hydrogens (tertiary/aromatic N) is 1. The SMILES string of the molecule is Cc1cccc(CNC2CCCc3cc(O)ccc32)n1. The largest absolute Gasteiger partial charge is 0.508 e. The van der Waals surface area contributed by atoms with Gasteiger partial charge >= 0.3 is 0 Å². The minimum Gasteiger partial charge on any atom is -0.508 e. The van der Waals surface area contributed by atoms with Gasteiger partial charge in [-0.3, -0.25) is 4.98 Å². The van der Waals surface area contributed by atoms with Crippen molar-refractivity contribution < 1.29 is 5.11 Å². The summed E-state index contributed by atoms with van der Waals surface area (Å²) in [5.74, 6) is 0.366. The summed E-state index contributed by atoms with van der Waals surface area (Å²) in [6.07, 6.45) is 3.36. The van der Waals surface area contributed by atoms with E-state index in [9.17, 15) is 5.11 Å². The number of hydrogen-bond donors (Lipinski definition) is 2. The maximum absolute atomic E-state index is 9.58. The lowest BCUT2D eigenvalue weighted by Gasteiger charge is -2.26. The Kier molecular flexibility index (Phi) is 3.70. The predicted molar refractivity (Wildman–Crippen MR) is 79.6 cm³/mol. The molecule has 1 atom stereocenters. The number of hydrogen-bond acceptors (Lipinski definition) is 3. The molecule has 3 nitrogen and oxygen atoms in total. The summed E-state index contributed by atoms with van der Waals surface area (Å²) < 4.78 is 0. The maximum Gasteiger partial charge on any atom is 0.115 e. The third-order valence-corrected chi connectivity index (χ3v) is 3.92. The number of aromatic nitrogens is 1. The summed E-state index contributed by atoms with van der Waals surface area (Å²) >= 11 is 0. The Morgan fingerprint density at radius 3 is 3.05 bits per heavy atom. The highest BCUT2D eigenvalue weighted by Gasteiger charge is 2.19. The van der Waals surface area contributed by atoms with Crippen LogP contribution in [0, 0.1) is 6.92 Å². The molecule has 0 saturated heterocycles. The molecule has 1 unspecified atom stereocenters. The molecule has 0 spiro atoms. The smallest absolute Gasteiger partial charge is 0.115 e. The van der Waals surface area contributed by atoms with Gasteiger partial charge in [-0.05, 0) is 61.6 Å². The van der Waals surface area contributed by atoms with Crippen LogP contribution in [0.3, 0.4) is 0 Å². The summed E-state index contributed by atoms with van der Waals surface area (Å²) in [6, 6.07) is 12.2. The van der Waals surface area contributed by atoms with E-state index in [-0.39, 0.29) is 0 Å². The van der Waals surface area contributed by atoms with E-state index in [2.05, 4.69) is 16.4 Å². The first kappa shape index (κ1) is 13.1. The minimum atomic E-state index is 0.363. The Labute approximate surface area is 119 Å². The van der Waals surface area contributed by atoms with E-state index >= 15 is 0 Å². The van der Waals surface area contributed by atoms with E-state index in [1.54, 1.807) is 6.07 Å². The van der Waals surface area contributed by atoms with Crippen molar-refractivity contribution in [1.29, 1.82) is 0 Å². The molecule has 3 rings (SSSR count). The van der Waals surface area contributed by atoms with Crippen molar-refractivity contribution in [3.05, 3.63) is 58.9 Å². The average Bonchev–Trinajstić information content (AvgIpc) is 2.44. The van der Waals surface area contributed by atoms with Crippen molar-refractivity contribution in [3.63, 3.8) is 0 Å². The molecule has 3 heteroatoms. The van der Waals surface area contributed by atoms with Gasteiger partial charge in [0.1, 0.15) is 5.75 Å². The van der Waals surface area contributed by atoms with Gasteiger partial charge in [-0.2, -0.15) is 0 Å². The number of nitrogens with one attached hydrogen (secondary N) is 1. The molecule has 0 saturated carbocycles. The third-order valence-electron chi connectivity index (χ3n) is 3.92. The van der Waals surface area contributed by atoms with Gasteiger partial charge in [-0.15, -0.1) is 0 Å². The van der Waals surface area contributed by atoms with Gasteiger partial charge in [0.25, 0.3) is 0 Å². The predicted octanol–water partition coefficient (Wildman–Crippen LogP) is 3.26. The number of aryl methyl sites for hydroxylation is 2. The average molecular weight is 268 g/mol. The third kappa shape index (κ3) is 2.83. The highest BCUT2D eigenvalue weighted by molar-refractivity contribution is 5.38. The van der Waals surface area contributed by atoms with Crippen LogP contribution in [-0.4, -0.2) is 10.1 Å². The van der Waals surface area contributed by atoms with Crippen LogP contribution in [0.15, 0.2) is 36.4 Å². The summed E-state index contributed by atoms with van der Waals surface area (Å²) in [4.78, 5) is 4.53. The fourth-order valence-electron chi connectivity index (χ4n) is 2.94. The zero-order chi connectivity index (χ0) is 13.9. The van der Waals surface area contributed by atoms with Crippen LogP contribution in [0.2, 0.25) is 0 Å². The maximum atomic E-state index is 9.58. The molecule has 0 bridgehead atoms. The van der Waals surface area contributed by atoms with Crippen molar-refractivity contribution in [2.75, 3.05) is 0 Å². The fraction of sp³-hybridized carbons (Fsp3) is 0.353. The van der Waals surface area contributed by atoms with Crippen LogP contribution < -0.4 is 5.32 Å². The molecular formula is C17H20N2O. The summed E-state index contributed by atoms with van der Waals surface area (Å²) in [5, 5.41) is 13.2. The number of benzene rings is 1. The lowest BCUT2D eigenvalue weighted by atomic mass is 9.87. The molecule has 1 aliphatic carbocycles. The second kappa shape index (κ2) is 5.63. The van der Waals surface area contributed by atoms with E-state index in [0.717, 1.165) is 37.2 Å². The molecule has 0 amide bonds. The van der Waals surface area contributed by atoms with Gasteiger partial charge < -0.3 is 10.4 Å². The Balaban J connectivity index is 1.73. The zero-order valence-electron chi connectivity index (χ0n) is 11.8. The molecule has 0 radical (unpaired) electrons. The first-order valence-corrected chi connectivity index (χ1v) is 7.20. The molecule has 1 aromatic carbocycles. The summed E-state index contributed by atoms with van der Waals surface area (Å²) in [7, 11) is 0. The van der Waals surface area contributed by atoms with Crippen molar-refractivity contribution in [2.45, 2.75) is 38.8 Å². The van der Waals surface area contributed by atoms with Gasteiger partial charge in [0.05, 0.1) is 5.69 Å². The minimum absolute atomic E-state index is 0.363. The van der Waals surface area contributed by atoms with Crippen molar-refractivity contribution in [2.24, 2.45) is 0 Å². The standard InChI is InChI=1S/C17H20N2O/c1-12-4-2-6-14(19-12)11-18-17-7-3-5-13-10-15(20)8-9-16(13)17/h2,4,6,8-10,17-18,20H,3,5,7,11H2,1H3. The Morgan fingerprint density at radius 1 is 1.30 bits per heavy atom. The van der Waals surface area contributed by atoms with E-state index in [4.69, 9.17) is 0 Å². The van der Waals surface area contributed by atoms with E-state index < -0.39 is 0 Å². The molecule has 0 fully saturated rings. The van der Waals surface area contributed by atoms with Crippen LogP contribution in [0.25, 0.3) is 0 Å². The van der Waals surface area contributed by atoms with Crippen LogP contribution in [0.4, 0.5) is 0 Å². The second-order valence-electron chi connectivity index (χ2n) is 5.48. The number of rotatable bonds is 3. The van der Waals surface area contributed by atoms with Crippen LogP contribution >= 0.6 is 0 Å². The molecule has 1 aromatic heterocycles. The number of aromatic hydroxyl groups is 1. The molecule has 2 N–H and O–H groups in total. The van der Waals surface area contributed by atoms with Crippen molar-refractivity contribution in [1.82, 2.24) is 10.3 Å². The highest BCUT2D eigenvalue weighted by Crippen LogP contribution is 2.31. The number of pyridine rings is 1. The Bertz CT molecular complexity index is 610. The molecule has 104 valence electrons. The summed E-state index contributed by atoms with van der Waals surface area (Å²) in [5.41, 5.74) is 4.72. The lowest BCUT2D eigenvalue weighted by molar-refractivity contribution is 0.447. The molecular weight excluding hydrogens is 248 g/mol.